The Hall–Kier alpha value is -0.850. The van der Waals surface area contributed by atoms with E-state index in [2.05, 4.69) is 0 Å². The molecule has 1 aliphatic rings. The van der Waals surface area contributed by atoms with Gasteiger partial charge in [-0.15, -0.1) is 0 Å². The number of nitrogens with zero attached hydrogens (tertiary/aromatic N) is 2. The second kappa shape index (κ2) is 4.80. The van der Waals surface area contributed by atoms with E-state index < -0.39 is 9.24 Å². The van der Waals surface area contributed by atoms with E-state index >= 15 is 0 Å². The maximum absolute atomic E-state index is 12.7. The number of rotatable bonds is 2. The quantitative estimate of drug-likeness (QED) is 0.769. The molecule has 0 unspecified atom stereocenters. The molecule has 94 valence electrons. The summed E-state index contributed by atoms with van der Waals surface area (Å²) in [4.78, 5) is 2.00. The average Bonchev–Trinajstić information content (AvgIpc) is 2.29. The minimum atomic E-state index is -3.62. The molecule has 0 N–H and O–H groups in total. The number of halogens is 2. The first-order chi connectivity index (χ1) is 7.97. The lowest BCUT2D eigenvalue weighted by Gasteiger charge is -2.34. The van der Waals surface area contributed by atoms with E-state index in [9.17, 15) is 12.8 Å². The molecule has 2 rings (SSSR count). The Morgan fingerprint density at radius 1 is 1.06 bits per heavy atom. The monoisotopic (exact) mass is 278 g/mol. The van der Waals surface area contributed by atoms with Gasteiger partial charge in [-0.3, -0.25) is 0 Å². The Morgan fingerprint density at radius 3 is 2.06 bits per heavy atom. The molecule has 0 saturated carbocycles. The van der Waals surface area contributed by atoms with Crippen LogP contribution in [-0.4, -0.2) is 38.9 Å². The molecule has 17 heavy (non-hydrogen) atoms. The minimum absolute atomic E-state index is 0.282. The molecule has 0 aromatic heterocycles. The summed E-state index contributed by atoms with van der Waals surface area (Å²) in [5.74, 6) is -0.282. The van der Waals surface area contributed by atoms with Crippen LogP contribution in [0, 0.1) is 5.82 Å². The van der Waals surface area contributed by atoms with Gasteiger partial charge in [-0.1, -0.05) is 0 Å². The van der Waals surface area contributed by atoms with Crippen LogP contribution in [0.5, 0.6) is 0 Å². The SMILES string of the molecule is O=S(=O)(Cl)N1CCN(c2ccc(F)cc2)CC1. The molecule has 0 spiro atoms. The standard InChI is InChI=1S/C10H12ClFN2O2S/c11-17(15,16)14-7-5-13(6-8-14)10-3-1-9(12)2-4-10/h1-4H,5-8H2. The van der Waals surface area contributed by atoms with Crippen molar-refractivity contribution < 1.29 is 12.8 Å². The van der Waals surface area contributed by atoms with Crippen molar-refractivity contribution in [1.29, 1.82) is 0 Å². The summed E-state index contributed by atoms with van der Waals surface area (Å²) in [5, 5.41) is 0. The first kappa shape index (κ1) is 12.6. The van der Waals surface area contributed by atoms with Gasteiger partial charge < -0.3 is 4.90 Å². The van der Waals surface area contributed by atoms with Crippen LogP contribution in [0.25, 0.3) is 0 Å². The molecule has 1 fully saturated rings. The van der Waals surface area contributed by atoms with Crippen molar-refractivity contribution in [3.05, 3.63) is 30.1 Å². The number of anilines is 1. The molecule has 1 aliphatic heterocycles. The van der Waals surface area contributed by atoms with Crippen molar-refractivity contribution in [2.45, 2.75) is 0 Å². The highest BCUT2D eigenvalue weighted by atomic mass is 35.7. The maximum Gasteiger partial charge on any atom is 0.299 e. The average molecular weight is 279 g/mol. The van der Waals surface area contributed by atoms with Crippen molar-refractivity contribution in [3.63, 3.8) is 0 Å². The third-order valence-corrected chi connectivity index (χ3v) is 4.31. The largest absolute Gasteiger partial charge is 0.369 e. The van der Waals surface area contributed by atoms with E-state index in [-0.39, 0.29) is 5.82 Å². The Kier molecular flexibility index (Phi) is 3.56. The fraction of sp³-hybridized carbons (Fsp3) is 0.400. The van der Waals surface area contributed by atoms with Gasteiger partial charge in [0.15, 0.2) is 0 Å². The van der Waals surface area contributed by atoms with Gasteiger partial charge in [-0.05, 0) is 24.3 Å². The molecular formula is C10H12ClFN2O2S. The molecular weight excluding hydrogens is 267 g/mol. The fourth-order valence-electron chi connectivity index (χ4n) is 1.82. The van der Waals surface area contributed by atoms with Crippen LogP contribution in [0.4, 0.5) is 10.1 Å². The third-order valence-electron chi connectivity index (χ3n) is 2.74. The van der Waals surface area contributed by atoms with E-state index in [4.69, 9.17) is 10.7 Å². The molecule has 7 heteroatoms. The van der Waals surface area contributed by atoms with Crippen molar-refractivity contribution >= 4 is 25.6 Å². The highest BCUT2D eigenvalue weighted by Gasteiger charge is 2.24. The third kappa shape index (κ3) is 3.08. The van der Waals surface area contributed by atoms with Crippen molar-refractivity contribution in [2.75, 3.05) is 31.1 Å². The fourth-order valence-corrected chi connectivity index (χ4v) is 2.83. The Labute approximate surface area is 104 Å². The highest BCUT2D eigenvalue weighted by Crippen LogP contribution is 2.18. The predicted octanol–water partition coefficient (Wildman–Crippen LogP) is 1.43. The van der Waals surface area contributed by atoms with Crippen LogP contribution in [0.2, 0.25) is 0 Å². The van der Waals surface area contributed by atoms with Gasteiger partial charge in [0.2, 0.25) is 0 Å². The summed E-state index contributed by atoms with van der Waals surface area (Å²) in [5.41, 5.74) is 0.887. The van der Waals surface area contributed by atoms with Gasteiger partial charge in [0.05, 0.1) is 0 Å². The van der Waals surface area contributed by atoms with Gasteiger partial charge in [0.1, 0.15) is 5.82 Å². The lowest BCUT2D eigenvalue weighted by atomic mass is 10.2. The lowest BCUT2D eigenvalue weighted by molar-refractivity contribution is 0.393. The van der Waals surface area contributed by atoms with Crippen molar-refractivity contribution in [2.24, 2.45) is 0 Å². The van der Waals surface area contributed by atoms with Gasteiger partial charge in [-0.25, -0.2) is 4.39 Å². The number of hydrogen-bond acceptors (Lipinski definition) is 3. The molecule has 0 radical (unpaired) electrons. The zero-order valence-corrected chi connectivity index (χ0v) is 10.6. The smallest absolute Gasteiger partial charge is 0.299 e. The molecule has 1 aromatic rings. The van der Waals surface area contributed by atoms with Crippen molar-refractivity contribution in [1.82, 2.24) is 4.31 Å². The van der Waals surface area contributed by atoms with Crippen LogP contribution in [-0.2, 0) is 9.24 Å². The van der Waals surface area contributed by atoms with E-state index in [1.807, 2.05) is 4.90 Å². The number of benzene rings is 1. The van der Waals surface area contributed by atoms with Crippen LogP contribution >= 0.6 is 10.7 Å². The topological polar surface area (TPSA) is 40.6 Å². The molecule has 0 atom stereocenters. The van der Waals surface area contributed by atoms with Gasteiger partial charge in [-0.2, -0.15) is 12.7 Å². The van der Waals surface area contributed by atoms with Crippen LogP contribution in [0.1, 0.15) is 0 Å². The second-order valence-corrected chi connectivity index (χ2v) is 6.32. The molecule has 4 nitrogen and oxygen atoms in total. The van der Waals surface area contributed by atoms with E-state index in [0.29, 0.717) is 26.2 Å². The van der Waals surface area contributed by atoms with Crippen LogP contribution in [0.15, 0.2) is 24.3 Å². The summed E-state index contributed by atoms with van der Waals surface area (Å²) in [6.07, 6.45) is 0. The van der Waals surface area contributed by atoms with Crippen molar-refractivity contribution in [3.8, 4) is 0 Å². The number of hydrogen-bond donors (Lipinski definition) is 0. The molecule has 0 aliphatic carbocycles. The summed E-state index contributed by atoms with van der Waals surface area (Å²) in [6, 6.07) is 6.14. The maximum atomic E-state index is 12.7. The summed E-state index contributed by atoms with van der Waals surface area (Å²) < 4.78 is 36.2. The second-order valence-electron chi connectivity index (χ2n) is 3.80. The molecule has 0 bridgehead atoms. The van der Waals surface area contributed by atoms with E-state index in [1.54, 1.807) is 12.1 Å². The predicted molar refractivity (Wildman–Crippen MR) is 65.0 cm³/mol. The highest BCUT2D eigenvalue weighted by molar-refractivity contribution is 8.11. The molecule has 1 saturated heterocycles. The summed E-state index contributed by atoms with van der Waals surface area (Å²) in [7, 11) is 1.64. The van der Waals surface area contributed by atoms with E-state index in [1.165, 1.54) is 16.4 Å². The first-order valence-corrected chi connectivity index (χ1v) is 7.44. The molecule has 1 aromatic carbocycles. The summed E-state index contributed by atoms with van der Waals surface area (Å²) >= 11 is 0. The zero-order chi connectivity index (χ0) is 12.5. The molecule has 1 heterocycles. The lowest BCUT2D eigenvalue weighted by Crippen LogP contribution is -2.47. The normalized spacial score (nSPS) is 18.4. The number of piperazine rings is 1. The Morgan fingerprint density at radius 2 is 1.59 bits per heavy atom. The van der Waals surface area contributed by atoms with E-state index in [0.717, 1.165) is 5.69 Å². The Bertz CT molecular complexity index is 484. The van der Waals surface area contributed by atoms with Crippen LogP contribution in [0.3, 0.4) is 0 Å². The first-order valence-electron chi connectivity index (χ1n) is 5.17. The summed E-state index contributed by atoms with van der Waals surface area (Å²) in [6.45, 7) is 1.81. The zero-order valence-electron chi connectivity index (χ0n) is 9.01. The minimum Gasteiger partial charge on any atom is -0.369 e. The molecule has 0 amide bonds. The van der Waals surface area contributed by atoms with Gasteiger partial charge >= 0.3 is 0 Å². The Balaban J connectivity index is 2.02. The van der Waals surface area contributed by atoms with Gasteiger partial charge in [0, 0.05) is 42.5 Å². The van der Waals surface area contributed by atoms with Gasteiger partial charge in [0.25, 0.3) is 9.24 Å². The van der Waals surface area contributed by atoms with Crippen LogP contribution < -0.4 is 4.90 Å².